The zero-order valence-corrected chi connectivity index (χ0v) is 14.0. The van der Waals surface area contributed by atoms with Crippen LogP contribution in [0.1, 0.15) is 27.2 Å². The Morgan fingerprint density at radius 2 is 1.83 bits per heavy atom. The molecule has 1 rings (SSSR count). The van der Waals surface area contributed by atoms with Crippen molar-refractivity contribution >= 4 is 29.4 Å². The van der Waals surface area contributed by atoms with Crippen LogP contribution in [0.3, 0.4) is 0 Å². The van der Waals surface area contributed by atoms with Crippen molar-refractivity contribution in [2.75, 3.05) is 5.32 Å². The zero-order chi connectivity index (χ0) is 17.4. The first-order chi connectivity index (χ1) is 10.8. The van der Waals surface area contributed by atoms with E-state index in [1.165, 1.54) is 12.1 Å². The maximum absolute atomic E-state index is 12.5. The molecule has 1 aromatic carbocycles. The number of hydrogen-bond donors (Lipinski definition) is 3. The van der Waals surface area contributed by atoms with Crippen molar-refractivity contribution in [1.29, 1.82) is 0 Å². The summed E-state index contributed by atoms with van der Waals surface area (Å²) >= 11 is 0.349. The molecule has 0 aliphatic carbocycles. The van der Waals surface area contributed by atoms with Crippen molar-refractivity contribution < 1.29 is 18.4 Å². The van der Waals surface area contributed by atoms with Crippen LogP contribution in [0.5, 0.6) is 0 Å². The summed E-state index contributed by atoms with van der Waals surface area (Å²) in [5.74, 6) is -2.88. The number of benzene rings is 1. The summed E-state index contributed by atoms with van der Waals surface area (Å²) in [4.78, 5) is 24.0. The first kappa shape index (κ1) is 19.2. The molecule has 0 aliphatic rings. The molecular weight excluding hydrogens is 324 g/mol. The van der Waals surface area contributed by atoms with Gasteiger partial charge in [-0.05, 0) is 32.4 Å². The fourth-order valence-corrected chi connectivity index (χ4v) is 2.25. The largest absolute Gasteiger partial charge is 0.352 e. The number of amides is 3. The molecular formula is C15H21F2N3O2S. The number of thioether (sulfide) groups is 1. The first-order valence-corrected chi connectivity index (χ1v) is 8.13. The van der Waals surface area contributed by atoms with E-state index < -0.39 is 17.8 Å². The Kier molecular flexibility index (Phi) is 7.80. The van der Waals surface area contributed by atoms with Crippen LogP contribution in [-0.4, -0.2) is 29.8 Å². The van der Waals surface area contributed by atoms with Gasteiger partial charge in [-0.1, -0.05) is 30.8 Å². The zero-order valence-electron chi connectivity index (χ0n) is 13.2. The number of alkyl halides is 2. The molecule has 5 nitrogen and oxygen atoms in total. The molecule has 0 aliphatic heterocycles. The van der Waals surface area contributed by atoms with E-state index in [-0.39, 0.29) is 22.5 Å². The van der Waals surface area contributed by atoms with Gasteiger partial charge < -0.3 is 16.0 Å². The van der Waals surface area contributed by atoms with Gasteiger partial charge in [0.15, 0.2) is 0 Å². The number of halogens is 2. The van der Waals surface area contributed by atoms with Gasteiger partial charge in [-0.15, -0.1) is 0 Å². The number of nitrogens with one attached hydrogen (secondary N) is 3. The summed E-state index contributed by atoms with van der Waals surface area (Å²) in [6.45, 7) is 5.35. The number of anilines is 1. The lowest BCUT2D eigenvalue weighted by Gasteiger charge is -2.18. The molecule has 2 atom stereocenters. The number of para-hydroxylation sites is 1. The van der Waals surface area contributed by atoms with Gasteiger partial charge >= 0.3 is 6.03 Å². The van der Waals surface area contributed by atoms with Crippen LogP contribution in [0.4, 0.5) is 19.3 Å². The SMILES string of the molecule is CC[C@@H](C)NC(=O)[C@@H](C)NC(=O)Nc1ccccc1SC(F)F. The van der Waals surface area contributed by atoms with Gasteiger partial charge in [-0.2, -0.15) is 8.78 Å². The minimum atomic E-state index is -2.58. The molecule has 8 heteroatoms. The first-order valence-electron chi connectivity index (χ1n) is 7.25. The fraction of sp³-hybridized carbons (Fsp3) is 0.467. The minimum Gasteiger partial charge on any atom is -0.352 e. The number of hydrogen-bond acceptors (Lipinski definition) is 3. The number of carbonyl (C=O) groups is 2. The molecule has 0 spiro atoms. The topological polar surface area (TPSA) is 70.2 Å². The summed E-state index contributed by atoms with van der Waals surface area (Å²) in [6.07, 6.45) is 0.781. The molecule has 0 aromatic heterocycles. The van der Waals surface area contributed by atoms with Gasteiger partial charge in [-0.3, -0.25) is 4.79 Å². The summed E-state index contributed by atoms with van der Waals surface area (Å²) in [6, 6.07) is 4.90. The average Bonchev–Trinajstić information content (AvgIpc) is 2.48. The van der Waals surface area contributed by atoms with E-state index >= 15 is 0 Å². The summed E-state index contributed by atoms with van der Waals surface area (Å²) < 4.78 is 25.0. The van der Waals surface area contributed by atoms with Gasteiger partial charge in [-0.25, -0.2) is 4.79 Å². The molecule has 0 unspecified atom stereocenters. The van der Waals surface area contributed by atoms with Crippen molar-refractivity contribution in [3.8, 4) is 0 Å². The van der Waals surface area contributed by atoms with Gasteiger partial charge in [0.05, 0.1) is 5.69 Å². The van der Waals surface area contributed by atoms with Crippen LogP contribution in [0, 0.1) is 0 Å². The maximum Gasteiger partial charge on any atom is 0.319 e. The third-order valence-electron chi connectivity index (χ3n) is 3.09. The summed E-state index contributed by atoms with van der Waals surface area (Å²) in [5.41, 5.74) is 0.268. The Morgan fingerprint density at radius 3 is 2.43 bits per heavy atom. The van der Waals surface area contributed by atoms with Crippen LogP contribution in [0.2, 0.25) is 0 Å². The standard InChI is InChI=1S/C15H21F2N3O2S/c1-4-9(2)18-13(21)10(3)19-15(22)20-11-7-5-6-8-12(11)23-14(16)17/h5-10,14H,4H2,1-3H3,(H,18,21)(H2,19,20,22)/t9-,10-/m1/s1. The van der Waals surface area contributed by atoms with E-state index in [4.69, 9.17) is 0 Å². The predicted octanol–water partition coefficient (Wildman–Crippen LogP) is 3.43. The second kappa shape index (κ2) is 9.34. The minimum absolute atomic E-state index is 0.0120. The molecule has 3 N–H and O–H groups in total. The Bertz CT molecular complexity index is 543. The molecule has 23 heavy (non-hydrogen) atoms. The van der Waals surface area contributed by atoms with Crippen molar-refractivity contribution in [1.82, 2.24) is 10.6 Å². The highest BCUT2D eigenvalue weighted by Gasteiger charge is 2.18. The summed E-state index contributed by atoms with van der Waals surface area (Å²) in [5, 5.41) is 7.72. The van der Waals surface area contributed by atoms with Crippen LogP contribution in [0.15, 0.2) is 29.2 Å². The van der Waals surface area contributed by atoms with E-state index in [1.54, 1.807) is 19.1 Å². The quantitative estimate of drug-likeness (QED) is 0.663. The third kappa shape index (κ3) is 6.85. The number of rotatable bonds is 7. The van der Waals surface area contributed by atoms with E-state index in [1.807, 2.05) is 13.8 Å². The third-order valence-corrected chi connectivity index (χ3v) is 3.88. The highest BCUT2D eigenvalue weighted by Crippen LogP contribution is 2.31. The Morgan fingerprint density at radius 1 is 1.17 bits per heavy atom. The lowest BCUT2D eigenvalue weighted by Crippen LogP contribution is -2.48. The van der Waals surface area contributed by atoms with E-state index in [2.05, 4.69) is 16.0 Å². The van der Waals surface area contributed by atoms with Crippen LogP contribution in [-0.2, 0) is 4.79 Å². The number of urea groups is 1. The number of carbonyl (C=O) groups excluding carboxylic acids is 2. The average molecular weight is 345 g/mol. The highest BCUT2D eigenvalue weighted by molar-refractivity contribution is 7.99. The van der Waals surface area contributed by atoms with E-state index in [0.29, 0.717) is 11.8 Å². The second-order valence-electron chi connectivity index (χ2n) is 5.01. The monoisotopic (exact) mass is 345 g/mol. The molecule has 0 heterocycles. The van der Waals surface area contributed by atoms with Crippen molar-refractivity contribution in [2.24, 2.45) is 0 Å². The smallest absolute Gasteiger partial charge is 0.319 e. The molecule has 3 amide bonds. The highest BCUT2D eigenvalue weighted by atomic mass is 32.2. The lowest BCUT2D eigenvalue weighted by molar-refractivity contribution is -0.123. The fourth-order valence-electron chi connectivity index (χ4n) is 1.66. The predicted molar refractivity (Wildman–Crippen MR) is 87.8 cm³/mol. The molecule has 0 radical (unpaired) electrons. The Labute approximate surface area is 138 Å². The second-order valence-corrected chi connectivity index (χ2v) is 6.04. The molecule has 0 saturated heterocycles. The van der Waals surface area contributed by atoms with Gasteiger partial charge in [0.1, 0.15) is 6.04 Å². The van der Waals surface area contributed by atoms with Crippen molar-refractivity contribution in [3.63, 3.8) is 0 Å². The van der Waals surface area contributed by atoms with Crippen LogP contribution >= 0.6 is 11.8 Å². The van der Waals surface area contributed by atoms with E-state index in [0.717, 1.165) is 6.42 Å². The van der Waals surface area contributed by atoms with Gasteiger partial charge in [0.25, 0.3) is 5.76 Å². The summed E-state index contributed by atoms with van der Waals surface area (Å²) in [7, 11) is 0. The molecule has 0 bridgehead atoms. The van der Waals surface area contributed by atoms with Gasteiger partial charge in [0, 0.05) is 10.9 Å². The van der Waals surface area contributed by atoms with Crippen LogP contribution < -0.4 is 16.0 Å². The lowest BCUT2D eigenvalue weighted by atomic mass is 10.2. The molecule has 0 fully saturated rings. The van der Waals surface area contributed by atoms with Crippen LogP contribution in [0.25, 0.3) is 0 Å². The Balaban J connectivity index is 2.61. The van der Waals surface area contributed by atoms with E-state index in [9.17, 15) is 18.4 Å². The molecule has 1 aromatic rings. The van der Waals surface area contributed by atoms with Crippen molar-refractivity contribution in [3.05, 3.63) is 24.3 Å². The normalized spacial score (nSPS) is 13.3. The van der Waals surface area contributed by atoms with Gasteiger partial charge in [0.2, 0.25) is 5.91 Å². The molecule has 128 valence electrons. The van der Waals surface area contributed by atoms with Crippen molar-refractivity contribution in [2.45, 2.75) is 49.9 Å². The molecule has 0 saturated carbocycles. The Hall–Kier alpha value is -1.83. The maximum atomic E-state index is 12.5.